The normalized spacial score (nSPS) is 13.6. The molecule has 0 saturated carbocycles. The van der Waals surface area contributed by atoms with Crippen LogP contribution in [0.4, 0.5) is 0 Å². The fourth-order valence-electron chi connectivity index (χ4n) is 0.945. The Hall–Kier alpha value is -0.600. The molecule has 0 aliphatic rings. The molecule has 0 aliphatic carbocycles. The third-order valence-corrected chi connectivity index (χ3v) is 2.71. The van der Waals surface area contributed by atoms with E-state index in [1.807, 2.05) is 24.3 Å². The van der Waals surface area contributed by atoms with Gasteiger partial charge in [0.15, 0.2) is 0 Å². The highest BCUT2D eigenvalue weighted by molar-refractivity contribution is 9.10. The topological polar surface area (TPSA) is 0 Å². The van der Waals surface area contributed by atoms with Crippen molar-refractivity contribution in [1.82, 2.24) is 0 Å². The molecule has 0 radical (unpaired) electrons. The largest absolute Gasteiger partial charge is 0.144 e. The zero-order valence-corrected chi connectivity index (χ0v) is 8.50. The van der Waals surface area contributed by atoms with E-state index < -0.39 is 0 Å². The molecule has 2 heteroatoms. The van der Waals surface area contributed by atoms with Gasteiger partial charge in [-0.25, -0.2) is 0 Å². The highest BCUT2D eigenvalue weighted by atomic mass is 79.9. The number of hydrogen-bond acceptors (Lipinski definition) is 1. The predicted octanol–water partition coefficient (Wildman–Crippen LogP) is 4.18. The van der Waals surface area contributed by atoms with Crippen LogP contribution in [0.2, 0.25) is 0 Å². The first-order valence-electron chi connectivity index (χ1n) is 4.92. The van der Waals surface area contributed by atoms with Gasteiger partial charge in [-0.3, -0.25) is 0 Å². The molecule has 0 unspecified atom stereocenters. The van der Waals surface area contributed by atoms with Gasteiger partial charge < -0.3 is 0 Å². The van der Waals surface area contributed by atoms with Crippen LogP contribution in [-0.4, -0.2) is 0 Å². The minimum Gasteiger partial charge on any atom is -0.144 e. The Labute approximate surface area is 88.2 Å². The van der Waals surface area contributed by atoms with Crippen molar-refractivity contribution >= 4 is 27.3 Å². The molecule has 0 spiro atoms. The van der Waals surface area contributed by atoms with Gasteiger partial charge in [0.25, 0.3) is 0 Å². The van der Waals surface area contributed by atoms with Crippen LogP contribution in [0.5, 0.6) is 0 Å². The maximum atomic E-state index is 7.71. The lowest BCUT2D eigenvalue weighted by Gasteiger charge is -1.96. The van der Waals surface area contributed by atoms with Crippen molar-refractivity contribution in [2.24, 2.45) is 0 Å². The fourth-order valence-corrected chi connectivity index (χ4v) is 1.90. The Morgan fingerprint density at radius 1 is 1.42 bits per heavy atom. The quantitative estimate of drug-likeness (QED) is 0.703. The van der Waals surface area contributed by atoms with E-state index in [1.54, 1.807) is 0 Å². The average Bonchev–Trinajstić information content (AvgIpc) is 2.46. The van der Waals surface area contributed by atoms with Gasteiger partial charge in [0, 0.05) is 9.35 Å². The van der Waals surface area contributed by atoms with Crippen LogP contribution in [0.15, 0.2) is 46.2 Å². The Bertz CT molecular complexity index is 507. The first kappa shape index (κ1) is 5.20. The second kappa shape index (κ2) is 3.42. The lowest BCUT2D eigenvalue weighted by molar-refractivity contribution is 1.65. The standard InChI is InChI=1S/C10H7BrS/c11-9-4-1-3-8(7-9)10-5-2-6-12-10/h1-7H/i2D,5D,6D. The molecule has 60 valence electrons. The van der Waals surface area contributed by atoms with Crippen LogP contribution in [-0.2, 0) is 0 Å². The van der Waals surface area contributed by atoms with Crippen LogP contribution < -0.4 is 0 Å². The monoisotopic (exact) mass is 241 g/mol. The van der Waals surface area contributed by atoms with E-state index in [4.69, 9.17) is 4.11 Å². The van der Waals surface area contributed by atoms with Gasteiger partial charge >= 0.3 is 0 Å². The molecule has 1 aromatic heterocycles. The van der Waals surface area contributed by atoms with Gasteiger partial charge in [-0.1, -0.05) is 34.1 Å². The van der Waals surface area contributed by atoms with Crippen molar-refractivity contribution < 1.29 is 4.11 Å². The number of rotatable bonds is 1. The van der Waals surface area contributed by atoms with Crippen molar-refractivity contribution in [2.75, 3.05) is 0 Å². The summed E-state index contributed by atoms with van der Waals surface area (Å²) in [5.74, 6) is 0. The summed E-state index contributed by atoms with van der Waals surface area (Å²) >= 11 is 4.53. The zero-order chi connectivity index (χ0) is 11.0. The van der Waals surface area contributed by atoms with Crippen molar-refractivity contribution in [1.29, 1.82) is 0 Å². The van der Waals surface area contributed by atoms with Crippen molar-refractivity contribution in [3.05, 3.63) is 46.2 Å². The summed E-state index contributed by atoms with van der Waals surface area (Å²) in [5, 5.41) is 0.148. The smallest absolute Gasteiger partial charge is 0.0740 e. The van der Waals surface area contributed by atoms with Gasteiger partial charge in [-0.05, 0) is 29.1 Å². The average molecular weight is 242 g/mol. The van der Waals surface area contributed by atoms with Crippen molar-refractivity contribution in [3.8, 4) is 10.4 Å². The fraction of sp³-hybridized carbons (Fsp3) is 0. The lowest BCUT2D eigenvalue weighted by atomic mass is 10.2. The number of halogens is 1. The number of benzene rings is 1. The maximum absolute atomic E-state index is 7.71. The van der Waals surface area contributed by atoms with Crippen LogP contribution >= 0.6 is 27.3 Å². The van der Waals surface area contributed by atoms with Crippen LogP contribution in [0, 0.1) is 0 Å². The molecular formula is C10H7BrS. The zero-order valence-electron chi connectivity index (χ0n) is 9.10. The molecule has 0 N–H and O–H groups in total. The Kier molecular flexibility index (Phi) is 1.48. The molecule has 0 fully saturated rings. The Morgan fingerprint density at radius 3 is 3.00 bits per heavy atom. The molecule has 2 aromatic rings. The highest BCUT2D eigenvalue weighted by Crippen LogP contribution is 2.26. The Balaban J connectivity index is 2.59. The molecule has 0 amide bonds. The van der Waals surface area contributed by atoms with Gasteiger partial charge in [0.1, 0.15) is 0 Å². The summed E-state index contributed by atoms with van der Waals surface area (Å²) in [5.41, 5.74) is 0.881. The summed E-state index contributed by atoms with van der Waals surface area (Å²) in [7, 11) is 0. The first-order valence-corrected chi connectivity index (χ1v) is 5.03. The number of hydrogen-bond donors (Lipinski definition) is 0. The number of thiophene rings is 1. The van der Waals surface area contributed by atoms with Gasteiger partial charge in [-0.15, -0.1) is 11.3 Å². The van der Waals surface area contributed by atoms with E-state index in [1.165, 1.54) is 11.3 Å². The molecule has 12 heavy (non-hydrogen) atoms. The van der Waals surface area contributed by atoms with Crippen LogP contribution in [0.1, 0.15) is 4.11 Å². The van der Waals surface area contributed by atoms with Gasteiger partial charge in [0.2, 0.25) is 0 Å². The van der Waals surface area contributed by atoms with E-state index in [-0.39, 0.29) is 17.4 Å². The van der Waals surface area contributed by atoms with Crippen LogP contribution in [0.25, 0.3) is 10.4 Å². The third-order valence-electron chi connectivity index (χ3n) is 1.47. The minimum atomic E-state index is 0.00924. The summed E-state index contributed by atoms with van der Waals surface area (Å²) in [6, 6.07) is 7.71. The van der Waals surface area contributed by atoms with Gasteiger partial charge in [0.05, 0.1) is 4.11 Å². The molecule has 1 aromatic carbocycles. The predicted molar refractivity (Wildman–Crippen MR) is 57.5 cm³/mol. The maximum Gasteiger partial charge on any atom is 0.0740 e. The van der Waals surface area contributed by atoms with E-state index in [2.05, 4.69) is 15.9 Å². The first-order chi connectivity index (χ1) is 7.09. The van der Waals surface area contributed by atoms with Crippen molar-refractivity contribution in [2.45, 2.75) is 0 Å². The third kappa shape index (κ3) is 1.59. The van der Waals surface area contributed by atoms with E-state index in [0.717, 1.165) is 10.0 Å². The molecule has 1 heterocycles. The van der Waals surface area contributed by atoms with Crippen LogP contribution in [0.3, 0.4) is 0 Å². The van der Waals surface area contributed by atoms with E-state index >= 15 is 0 Å². The molecule has 0 bridgehead atoms. The van der Waals surface area contributed by atoms with Gasteiger partial charge in [-0.2, -0.15) is 0 Å². The lowest BCUT2D eigenvalue weighted by Crippen LogP contribution is -1.70. The summed E-state index contributed by atoms with van der Waals surface area (Å²) in [6.45, 7) is 0. The van der Waals surface area contributed by atoms with E-state index in [0.29, 0.717) is 4.88 Å². The summed E-state index contributed by atoms with van der Waals surface area (Å²) < 4.78 is 23.6. The summed E-state index contributed by atoms with van der Waals surface area (Å²) in [6.07, 6.45) is 0. The highest BCUT2D eigenvalue weighted by Gasteiger charge is 1.97. The molecular weight excluding hydrogens is 232 g/mol. The molecule has 2 rings (SSSR count). The minimum absolute atomic E-state index is 0.00924. The summed E-state index contributed by atoms with van der Waals surface area (Å²) in [4.78, 5) is 0.686. The van der Waals surface area contributed by atoms with Crippen molar-refractivity contribution in [3.63, 3.8) is 0 Å². The Morgan fingerprint density at radius 2 is 2.33 bits per heavy atom. The molecule has 0 nitrogen and oxygen atoms in total. The molecule has 0 atom stereocenters. The SMILES string of the molecule is [2H]c1sc(-c2cccc(Br)c2)c([2H])c1[2H]. The molecule has 0 saturated heterocycles. The van der Waals surface area contributed by atoms with E-state index in [9.17, 15) is 0 Å². The second-order valence-corrected chi connectivity index (χ2v) is 4.03. The molecule has 0 aliphatic heterocycles. The second-order valence-electron chi connectivity index (χ2n) is 2.29.